The number of nitro groups is 1. The monoisotopic (exact) mass is 253 g/mol. The fourth-order valence-electron chi connectivity index (χ4n) is 1.13. The SMILES string of the molecule is O=C(NCCO)C(=O)Nc1cccc([N+](=O)[O-])c1. The van der Waals surface area contributed by atoms with Gasteiger partial charge in [-0.2, -0.15) is 0 Å². The largest absolute Gasteiger partial charge is 0.395 e. The molecule has 0 bridgehead atoms. The first-order chi connectivity index (χ1) is 8.54. The number of hydrogen-bond acceptors (Lipinski definition) is 5. The van der Waals surface area contributed by atoms with Gasteiger partial charge in [0.25, 0.3) is 5.69 Å². The Balaban J connectivity index is 2.67. The molecule has 1 rings (SSSR count). The molecule has 1 aromatic rings. The first-order valence-electron chi connectivity index (χ1n) is 4.99. The van der Waals surface area contributed by atoms with E-state index in [1.165, 1.54) is 18.2 Å². The Bertz CT molecular complexity index is 474. The molecule has 0 aliphatic carbocycles. The summed E-state index contributed by atoms with van der Waals surface area (Å²) in [5.41, 5.74) is -0.0445. The number of nitrogens with one attached hydrogen (secondary N) is 2. The molecule has 8 nitrogen and oxygen atoms in total. The van der Waals surface area contributed by atoms with Crippen molar-refractivity contribution in [2.45, 2.75) is 0 Å². The number of carbonyl (C=O) groups is 2. The highest BCUT2D eigenvalue weighted by Crippen LogP contribution is 2.16. The zero-order valence-corrected chi connectivity index (χ0v) is 9.25. The van der Waals surface area contributed by atoms with E-state index in [2.05, 4.69) is 10.6 Å². The van der Waals surface area contributed by atoms with Gasteiger partial charge in [-0.25, -0.2) is 0 Å². The summed E-state index contributed by atoms with van der Waals surface area (Å²) in [6, 6.07) is 5.21. The topological polar surface area (TPSA) is 122 Å². The van der Waals surface area contributed by atoms with Gasteiger partial charge in [-0.05, 0) is 6.07 Å². The van der Waals surface area contributed by atoms with Crippen LogP contribution in [0.3, 0.4) is 0 Å². The molecule has 0 aliphatic rings. The van der Waals surface area contributed by atoms with Crippen LogP contribution in [0.2, 0.25) is 0 Å². The lowest BCUT2D eigenvalue weighted by atomic mass is 10.3. The van der Waals surface area contributed by atoms with E-state index in [0.717, 1.165) is 6.07 Å². The number of nitro benzene ring substituents is 1. The van der Waals surface area contributed by atoms with Crippen molar-refractivity contribution >= 4 is 23.2 Å². The quantitative estimate of drug-likeness (QED) is 0.384. The second-order valence-corrected chi connectivity index (χ2v) is 3.24. The van der Waals surface area contributed by atoms with Crippen LogP contribution in [-0.4, -0.2) is 35.0 Å². The lowest BCUT2D eigenvalue weighted by Crippen LogP contribution is -2.36. The zero-order valence-electron chi connectivity index (χ0n) is 9.25. The van der Waals surface area contributed by atoms with Crippen molar-refractivity contribution in [3.63, 3.8) is 0 Å². The second-order valence-electron chi connectivity index (χ2n) is 3.24. The molecule has 0 aliphatic heterocycles. The van der Waals surface area contributed by atoms with Gasteiger partial charge in [0.1, 0.15) is 0 Å². The Labute approximate surface area is 102 Å². The molecule has 0 fully saturated rings. The Morgan fingerprint density at radius 1 is 1.33 bits per heavy atom. The molecule has 0 heterocycles. The predicted molar refractivity (Wildman–Crippen MR) is 61.8 cm³/mol. The van der Waals surface area contributed by atoms with Gasteiger partial charge in [-0.15, -0.1) is 0 Å². The summed E-state index contributed by atoms with van der Waals surface area (Å²) in [6.45, 7) is -0.322. The third-order valence-electron chi connectivity index (χ3n) is 1.92. The van der Waals surface area contributed by atoms with Crippen molar-refractivity contribution in [3.8, 4) is 0 Å². The van der Waals surface area contributed by atoms with Gasteiger partial charge in [0, 0.05) is 24.4 Å². The third kappa shape index (κ3) is 3.83. The molecular formula is C10H11N3O5. The predicted octanol–water partition coefficient (Wildman–Crippen LogP) is -0.358. The van der Waals surface area contributed by atoms with Crippen LogP contribution in [0, 0.1) is 10.1 Å². The van der Waals surface area contributed by atoms with Crippen LogP contribution in [0.1, 0.15) is 0 Å². The van der Waals surface area contributed by atoms with Crippen LogP contribution in [-0.2, 0) is 9.59 Å². The molecule has 0 radical (unpaired) electrons. The molecule has 0 saturated heterocycles. The van der Waals surface area contributed by atoms with E-state index in [-0.39, 0.29) is 24.5 Å². The van der Waals surface area contributed by atoms with E-state index in [1.807, 2.05) is 0 Å². The standard InChI is InChI=1S/C10H11N3O5/c14-5-4-11-9(15)10(16)12-7-2-1-3-8(6-7)13(17)18/h1-3,6,14H,4-5H2,(H,11,15)(H,12,16). The summed E-state index contributed by atoms with van der Waals surface area (Å²) in [4.78, 5) is 32.4. The molecule has 3 N–H and O–H groups in total. The number of aliphatic hydroxyl groups excluding tert-OH is 1. The maximum absolute atomic E-state index is 11.3. The Hall–Kier alpha value is -2.48. The number of hydrogen-bond donors (Lipinski definition) is 3. The van der Waals surface area contributed by atoms with E-state index >= 15 is 0 Å². The minimum absolute atomic E-state index is 0.0405. The van der Waals surface area contributed by atoms with Gasteiger partial charge >= 0.3 is 11.8 Å². The number of non-ortho nitro benzene ring substituents is 1. The molecule has 0 atom stereocenters. The normalized spacial score (nSPS) is 9.61. The average molecular weight is 253 g/mol. The third-order valence-corrected chi connectivity index (χ3v) is 1.92. The molecule has 0 spiro atoms. The summed E-state index contributed by atoms with van der Waals surface area (Å²) in [5.74, 6) is -1.88. The van der Waals surface area contributed by atoms with E-state index in [4.69, 9.17) is 5.11 Å². The van der Waals surface area contributed by atoms with Crippen molar-refractivity contribution in [1.29, 1.82) is 0 Å². The van der Waals surface area contributed by atoms with Gasteiger partial charge in [0.15, 0.2) is 0 Å². The lowest BCUT2D eigenvalue weighted by molar-refractivity contribution is -0.384. The van der Waals surface area contributed by atoms with Crippen molar-refractivity contribution in [2.24, 2.45) is 0 Å². The molecule has 0 aromatic heterocycles. The highest BCUT2D eigenvalue weighted by molar-refractivity contribution is 6.39. The van der Waals surface area contributed by atoms with Gasteiger partial charge in [-0.1, -0.05) is 6.07 Å². The summed E-state index contributed by atoms with van der Waals surface area (Å²) >= 11 is 0. The summed E-state index contributed by atoms with van der Waals surface area (Å²) in [7, 11) is 0. The first kappa shape index (κ1) is 13.6. The van der Waals surface area contributed by atoms with Gasteiger partial charge in [0.05, 0.1) is 11.5 Å². The molecule has 18 heavy (non-hydrogen) atoms. The first-order valence-corrected chi connectivity index (χ1v) is 4.99. The molecule has 0 saturated carbocycles. The highest BCUT2D eigenvalue weighted by Gasteiger charge is 2.14. The molecule has 2 amide bonds. The van der Waals surface area contributed by atoms with Crippen LogP contribution in [0.15, 0.2) is 24.3 Å². The van der Waals surface area contributed by atoms with Crippen LogP contribution in [0.5, 0.6) is 0 Å². The van der Waals surface area contributed by atoms with E-state index < -0.39 is 16.7 Å². The Morgan fingerprint density at radius 2 is 2.06 bits per heavy atom. The number of anilines is 1. The maximum atomic E-state index is 11.3. The Morgan fingerprint density at radius 3 is 2.67 bits per heavy atom. The van der Waals surface area contributed by atoms with E-state index in [9.17, 15) is 19.7 Å². The summed E-state index contributed by atoms with van der Waals surface area (Å²) in [5, 5.41) is 23.3. The van der Waals surface area contributed by atoms with Gasteiger partial charge in [-0.3, -0.25) is 19.7 Å². The Kier molecular flexibility index (Phi) is 4.76. The summed E-state index contributed by atoms with van der Waals surface area (Å²) in [6.07, 6.45) is 0. The van der Waals surface area contributed by atoms with E-state index in [0.29, 0.717) is 0 Å². The number of rotatable bonds is 4. The fraction of sp³-hybridized carbons (Fsp3) is 0.200. The summed E-state index contributed by atoms with van der Waals surface area (Å²) < 4.78 is 0. The molecule has 96 valence electrons. The van der Waals surface area contributed by atoms with Crippen LogP contribution >= 0.6 is 0 Å². The minimum atomic E-state index is -0.955. The van der Waals surface area contributed by atoms with E-state index in [1.54, 1.807) is 0 Å². The number of benzene rings is 1. The molecule has 1 aromatic carbocycles. The maximum Gasteiger partial charge on any atom is 0.313 e. The minimum Gasteiger partial charge on any atom is -0.395 e. The van der Waals surface area contributed by atoms with Crippen molar-refractivity contribution in [3.05, 3.63) is 34.4 Å². The number of nitrogens with zero attached hydrogens (tertiary/aromatic N) is 1. The zero-order chi connectivity index (χ0) is 13.5. The number of aliphatic hydroxyl groups is 1. The van der Waals surface area contributed by atoms with Crippen LogP contribution in [0.4, 0.5) is 11.4 Å². The van der Waals surface area contributed by atoms with Crippen LogP contribution in [0.25, 0.3) is 0 Å². The average Bonchev–Trinajstić information content (AvgIpc) is 2.36. The number of amides is 2. The molecule has 0 unspecified atom stereocenters. The molecular weight excluding hydrogens is 242 g/mol. The van der Waals surface area contributed by atoms with Crippen molar-refractivity contribution in [1.82, 2.24) is 5.32 Å². The molecule has 8 heteroatoms. The van der Waals surface area contributed by atoms with Crippen molar-refractivity contribution in [2.75, 3.05) is 18.5 Å². The van der Waals surface area contributed by atoms with Crippen LogP contribution < -0.4 is 10.6 Å². The van der Waals surface area contributed by atoms with Gasteiger partial charge < -0.3 is 15.7 Å². The highest BCUT2D eigenvalue weighted by atomic mass is 16.6. The second kappa shape index (κ2) is 6.30. The lowest BCUT2D eigenvalue weighted by Gasteiger charge is -2.05. The smallest absolute Gasteiger partial charge is 0.313 e. The van der Waals surface area contributed by atoms with Crippen molar-refractivity contribution < 1.29 is 19.6 Å². The van der Waals surface area contributed by atoms with Gasteiger partial charge in [0.2, 0.25) is 0 Å². The number of carbonyl (C=O) groups excluding carboxylic acids is 2. The fourth-order valence-corrected chi connectivity index (χ4v) is 1.13.